The van der Waals surface area contributed by atoms with Crippen molar-refractivity contribution in [1.82, 2.24) is 19.9 Å². The van der Waals surface area contributed by atoms with Gasteiger partial charge in [0.05, 0.1) is 11.1 Å². The van der Waals surface area contributed by atoms with Crippen LogP contribution < -0.4 is 5.32 Å². The number of carbonyl (C=O) groups excluding carboxylic acids is 1. The van der Waals surface area contributed by atoms with Gasteiger partial charge in [0.25, 0.3) is 5.91 Å². The summed E-state index contributed by atoms with van der Waals surface area (Å²) >= 11 is 0. The minimum absolute atomic E-state index is 0.00423. The highest BCUT2D eigenvalue weighted by Gasteiger charge is 2.23. The number of sulfone groups is 1. The number of aromatic nitrogens is 3. The molecule has 4 aromatic rings. The maximum atomic E-state index is 12.7. The molecule has 0 saturated heterocycles. The van der Waals surface area contributed by atoms with Crippen molar-refractivity contribution in [3.05, 3.63) is 72.0 Å². The Morgan fingerprint density at radius 3 is 2.59 bits per heavy atom. The Bertz CT molecular complexity index is 1270. The summed E-state index contributed by atoms with van der Waals surface area (Å²) in [4.78, 5) is 20.4. The normalized spacial score (nSPS) is 11.7. The maximum absolute atomic E-state index is 12.7. The van der Waals surface area contributed by atoms with Crippen molar-refractivity contribution < 1.29 is 17.6 Å². The molecule has 0 unspecified atom stereocenters. The second kappa shape index (κ2) is 7.17. The van der Waals surface area contributed by atoms with Gasteiger partial charge >= 0.3 is 0 Å². The summed E-state index contributed by atoms with van der Waals surface area (Å²) < 4.78 is 32.5. The van der Waals surface area contributed by atoms with E-state index in [9.17, 15) is 13.2 Å². The first kappa shape index (κ1) is 18.9. The van der Waals surface area contributed by atoms with E-state index < -0.39 is 9.84 Å². The molecule has 1 aromatic carbocycles. The average molecular weight is 410 g/mol. The number of benzene rings is 1. The van der Waals surface area contributed by atoms with Crippen LogP contribution in [0.1, 0.15) is 21.8 Å². The lowest BCUT2D eigenvalue weighted by Gasteiger charge is -2.07. The number of rotatable bonds is 5. The van der Waals surface area contributed by atoms with Gasteiger partial charge in [-0.3, -0.25) is 9.78 Å². The third-order valence-electron chi connectivity index (χ3n) is 4.65. The van der Waals surface area contributed by atoms with Gasteiger partial charge in [0, 0.05) is 37.1 Å². The van der Waals surface area contributed by atoms with Crippen molar-refractivity contribution in [1.29, 1.82) is 0 Å². The molecule has 1 amide bonds. The molecular formula is C20H18N4O4S. The summed E-state index contributed by atoms with van der Waals surface area (Å²) in [5, 5.41) is 3.55. The Hall–Kier alpha value is -3.46. The second-order valence-electron chi connectivity index (χ2n) is 6.60. The van der Waals surface area contributed by atoms with Crippen LogP contribution in [0.25, 0.3) is 11.0 Å². The summed E-state index contributed by atoms with van der Waals surface area (Å²) in [6.45, 7) is 2.02. The van der Waals surface area contributed by atoms with Crippen LogP contribution in [0.3, 0.4) is 0 Å². The van der Waals surface area contributed by atoms with Crippen LogP contribution in [0.5, 0.6) is 0 Å². The van der Waals surface area contributed by atoms with Crippen LogP contribution in [0.15, 0.2) is 69.5 Å². The predicted molar refractivity (Wildman–Crippen MR) is 105 cm³/mol. The number of nitrogens with zero attached hydrogens (tertiary/aromatic N) is 3. The molecule has 0 aliphatic rings. The van der Waals surface area contributed by atoms with E-state index in [1.807, 2.05) is 0 Å². The van der Waals surface area contributed by atoms with Gasteiger partial charge in [-0.15, -0.1) is 0 Å². The first-order chi connectivity index (χ1) is 13.9. The molecule has 1 N–H and O–H groups in total. The van der Waals surface area contributed by atoms with Crippen molar-refractivity contribution in [3.8, 4) is 0 Å². The molecule has 0 fully saturated rings. The van der Waals surface area contributed by atoms with Crippen molar-refractivity contribution in [2.75, 3.05) is 0 Å². The van der Waals surface area contributed by atoms with Gasteiger partial charge in [-0.25, -0.2) is 13.4 Å². The average Bonchev–Trinajstić information content (AvgIpc) is 3.30. The van der Waals surface area contributed by atoms with Crippen molar-refractivity contribution in [2.45, 2.75) is 23.5 Å². The second-order valence-corrected chi connectivity index (χ2v) is 8.44. The van der Waals surface area contributed by atoms with E-state index in [1.165, 1.54) is 22.9 Å². The molecule has 0 aliphatic carbocycles. The van der Waals surface area contributed by atoms with Crippen molar-refractivity contribution in [2.24, 2.45) is 7.05 Å². The molecule has 0 bridgehead atoms. The number of carbonyl (C=O) groups is 1. The molecule has 0 atom stereocenters. The highest BCUT2D eigenvalue weighted by Crippen LogP contribution is 2.21. The largest absolute Gasteiger partial charge is 0.449 e. The molecule has 8 nitrogen and oxygen atoms in total. The molecule has 29 heavy (non-hydrogen) atoms. The number of pyridine rings is 1. The van der Waals surface area contributed by atoms with Gasteiger partial charge in [-0.1, -0.05) is 12.1 Å². The number of amides is 1. The predicted octanol–water partition coefficient (Wildman–Crippen LogP) is 2.63. The Morgan fingerprint density at radius 1 is 1.17 bits per heavy atom. The van der Waals surface area contributed by atoms with Crippen LogP contribution >= 0.6 is 0 Å². The van der Waals surface area contributed by atoms with E-state index in [1.54, 1.807) is 50.6 Å². The number of imidazole rings is 1. The summed E-state index contributed by atoms with van der Waals surface area (Å²) in [6, 6.07) is 9.74. The molecule has 0 saturated carbocycles. The fraction of sp³-hybridized carbons (Fsp3) is 0.150. The lowest BCUT2D eigenvalue weighted by Crippen LogP contribution is -2.22. The zero-order chi connectivity index (χ0) is 20.6. The van der Waals surface area contributed by atoms with Gasteiger partial charge in [-0.2, -0.15) is 0 Å². The standard InChI is InChI=1S/C20H18N4O4S/c1-13-10-23-20(24(13)2)29(26,27)16-5-3-14(4-6-16)11-22-19(25)17-9-15-7-8-21-12-18(15)28-17/h3-10,12H,11H2,1-2H3,(H,22,25). The number of aryl methyl sites for hydroxylation is 1. The highest BCUT2D eigenvalue weighted by atomic mass is 32.2. The zero-order valence-electron chi connectivity index (χ0n) is 15.8. The first-order valence-electron chi connectivity index (χ1n) is 8.80. The third kappa shape index (κ3) is 3.52. The Morgan fingerprint density at radius 2 is 1.93 bits per heavy atom. The van der Waals surface area contributed by atoms with E-state index in [0.717, 1.165) is 16.6 Å². The first-order valence-corrected chi connectivity index (χ1v) is 10.3. The number of hydrogen-bond donors (Lipinski definition) is 1. The maximum Gasteiger partial charge on any atom is 0.287 e. The molecule has 0 radical (unpaired) electrons. The molecule has 3 heterocycles. The van der Waals surface area contributed by atoms with Crippen LogP contribution in [-0.4, -0.2) is 28.9 Å². The Balaban J connectivity index is 1.47. The summed E-state index contributed by atoms with van der Waals surface area (Å²) in [6.07, 6.45) is 4.70. The SMILES string of the molecule is Cc1cnc(S(=O)(=O)c2ccc(CNC(=O)c3cc4ccncc4o3)cc2)n1C. The number of nitrogens with one attached hydrogen (secondary N) is 1. The van der Waals surface area contributed by atoms with Crippen LogP contribution in [0.2, 0.25) is 0 Å². The number of furan rings is 1. The summed E-state index contributed by atoms with van der Waals surface area (Å²) in [5.41, 5.74) is 2.05. The molecule has 4 rings (SSSR count). The minimum atomic E-state index is -3.71. The van der Waals surface area contributed by atoms with E-state index >= 15 is 0 Å². The fourth-order valence-electron chi connectivity index (χ4n) is 2.88. The van der Waals surface area contributed by atoms with E-state index in [0.29, 0.717) is 5.58 Å². The lowest BCUT2D eigenvalue weighted by molar-refractivity contribution is 0.0925. The van der Waals surface area contributed by atoms with Crippen LogP contribution in [0.4, 0.5) is 0 Å². The summed E-state index contributed by atoms with van der Waals surface area (Å²) in [5.74, 6) is -0.168. The van der Waals surface area contributed by atoms with Crippen molar-refractivity contribution >= 4 is 26.7 Å². The number of hydrogen-bond acceptors (Lipinski definition) is 6. The minimum Gasteiger partial charge on any atom is -0.449 e. The van der Waals surface area contributed by atoms with E-state index in [-0.39, 0.29) is 28.3 Å². The lowest BCUT2D eigenvalue weighted by atomic mass is 10.2. The number of fused-ring (bicyclic) bond motifs is 1. The van der Waals surface area contributed by atoms with Gasteiger partial charge in [0.2, 0.25) is 15.0 Å². The molecular weight excluding hydrogens is 392 g/mol. The fourth-order valence-corrected chi connectivity index (χ4v) is 4.28. The Labute approximate surface area is 167 Å². The van der Waals surface area contributed by atoms with Crippen LogP contribution in [-0.2, 0) is 23.4 Å². The van der Waals surface area contributed by atoms with Crippen molar-refractivity contribution in [3.63, 3.8) is 0 Å². The molecule has 148 valence electrons. The monoisotopic (exact) mass is 410 g/mol. The zero-order valence-corrected chi connectivity index (χ0v) is 16.6. The molecule has 0 aliphatic heterocycles. The quantitative estimate of drug-likeness (QED) is 0.542. The molecule has 0 spiro atoms. The van der Waals surface area contributed by atoms with Gasteiger partial charge in [-0.05, 0) is 36.8 Å². The molecule has 3 aromatic heterocycles. The highest BCUT2D eigenvalue weighted by molar-refractivity contribution is 7.91. The van der Waals surface area contributed by atoms with Gasteiger partial charge in [0.15, 0.2) is 11.3 Å². The topological polar surface area (TPSA) is 107 Å². The third-order valence-corrected chi connectivity index (χ3v) is 6.40. The summed E-state index contributed by atoms with van der Waals surface area (Å²) in [7, 11) is -2.05. The van der Waals surface area contributed by atoms with Gasteiger partial charge < -0.3 is 14.3 Å². The molecule has 9 heteroatoms. The van der Waals surface area contributed by atoms with Gasteiger partial charge in [0.1, 0.15) is 0 Å². The van der Waals surface area contributed by atoms with E-state index in [4.69, 9.17) is 4.42 Å². The van der Waals surface area contributed by atoms with E-state index in [2.05, 4.69) is 15.3 Å². The Kier molecular flexibility index (Phi) is 4.67. The van der Waals surface area contributed by atoms with Crippen LogP contribution in [0, 0.1) is 6.92 Å². The smallest absolute Gasteiger partial charge is 0.287 e.